The lowest BCUT2D eigenvalue weighted by atomic mass is 10.0. The molecule has 2 fully saturated rings. The van der Waals surface area contributed by atoms with Crippen LogP contribution in [0.2, 0.25) is 0 Å². The Morgan fingerprint density at radius 2 is 1.16 bits per heavy atom. The lowest BCUT2D eigenvalue weighted by Crippen LogP contribution is -2.62. The second-order valence-corrected chi connectivity index (χ2v) is 20.7. The van der Waals surface area contributed by atoms with Crippen molar-refractivity contribution in [2.75, 3.05) is 13.1 Å². The number of phenols is 1. The Labute approximate surface area is 461 Å². The van der Waals surface area contributed by atoms with E-state index < -0.39 is 182 Å². The SMILES string of the molecule is CC(C)C[C@H](NC(=O)[C@H](C)NC(=O)[C@H](CCC(N)=O)NC(=O)[C@H](CCC(=O)O)NC(=O)[C@@H]1CCCN1C(=O)[C@@H](NC(=O)[C@@H](NC(=O)[C@H](CC(=O)O)NC(=O)[C@H](Cc1ccc(O)cc1)NC(=O)[C@@H]1CCCN1)C(C)C)[C@@H](C)O)C(=O)O. The van der Waals surface area contributed by atoms with Crippen LogP contribution in [0.1, 0.15) is 111 Å². The van der Waals surface area contributed by atoms with Crippen LogP contribution in [0.15, 0.2) is 24.3 Å². The van der Waals surface area contributed by atoms with Gasteiger partial charge in [0, 0.05) is 25.8 Å². The van der Waals surface area contributed by atoms with Gasteiger partial charge in [-0.3, -0.25) is 57.5 Å². The Morgan fingerprint density at radius 1 is 0.613 bits per heavy atom. The summed E-state index contributed by atoms with van der Waals surface area (Å²) < 4.78 is 0. The summed E-state index contributed by atoms with van der Waals surface area (Å²) in [5.41, 5.74) is 5.80. The van der Waals surface area contributed by atoms with Crippen molar-refractivity contribution >= 4 is 77.0 Å². The maximum atomic E-state index is 14.3. The quantitative estimate of drug-likeness (QED) is 0.0331. The van der Waals surface area contributed by atoms with E-state index in [2.05, 4.69) is 47.9 Å². The number of benzene rings is 1. The van der Waals surface area contributed by atoms with Crippen LogP contribution in [-0.2, 0) is 68.7 Å². The number of carboxylic acids is 3. The smallest absolute Gasteiger partial charge is 0.326 e. The molecule has 0 aromatic heterocycles. The molecule has 0 bridgehead atoms. The average Bonchev–Trinajstić information content (AvgIpc) is 4.11. The standard InChI is InChI=1S/C51H77N11O18/c1-24(2)21-35(51(79)80)59-42(70)26(5)54-44(72)31(15-17-37(52)65)55-45(73)32(16-18-38(66)67)56-48(76)36-10-8-20-62(36)50(78)41(27(6)63)61-49(77)40(25(3)4)60-47(75)34(23-39(68)69)58-46(74)33(22-28-11-13-29(64)14-12-28)57-43(71)30-9-7-19-53-30/h11-14,24-27,30-36,40-41,53,63-64H,7-10,15-23H2,1-6H3,(H2,52,65)(H,54,72)(H,55,73)(H,56,76)(H,57,71)(H,58,74)(H,59,70)(H,60,75)(H,61,77)(H,66,67)(H,68,69)(H,79,80)/t26-,27+,30-,31-,32-,33-,34-,35-,36-,40-,41-/m0/s1. The highest BCUT2D eigenvalue weighted by Crippen LogP contribution is 2.21. The topological polar surface area (TPSA) is 461 Å². The van der Waals surface area contributed by atoms with Crippen LogP contribution in [-0.4, -0.2) is 187 Å². The Kier molecular flexibility index (Phi) is 26.2. The first-order valence-electron chi connectivity index (χ1n) is 26.4. The van der Waals surface area contributed by atoms with Crippen LogP contribution in [0.25, 0.3) is 0 Å². The molecule has 444 valence electrons. The number of nitrogens with two attached hydrogens (primary N) is 1. The van der Waals surface area contributed by atoms with E-state index in [-0.39, 0.29) is 43.9 Å². The van der Waals surface area contributed by atoms with Crippen molar-refractivity contribution in [2.45, 2.75) is 179 Å². The van der Waals surface area contributed by atoms with Gasteiger partial charge in [0.15, 0.2) is 0 Å². The van der Waals surface area contributed by atoms with Crippen LogP contribution in [0.3, 0.4) is 0 Å². The molecule has 0 aliphatic carbocycles. The molecule has 2 heterocycles. The number of nitrogens with zero attached hydrogens (tertiary/aromatic N) is 1. The Morgan fingerprint density at radius 3 is 1.71 bits per heavy atom. The fourth-order valence-electron chi connectivity index (χ4n) is 8.82. The first kappa shape index (κ1) is 66.3. The van der Waals surface area contributed by atoms with Crippen molar-refractivity contribution in [2.24, 2.45) is 17.6 Å². The number of aliphatic hydroxyl groups is 1. The highest BCUT2D eigenvalue weighted by Gasteiger charge is 2.42. The van der Waals surface area contributed by atoms with Crippen molar-refractivity contribution in [3.8, 4) is 5.75 Å². The number of nitrogens with one attached hydrogen (secondary N) is 9. The van der Waals surface area contributed by atoms with Crippen LogP contribution in [0, 0.1) is 11.8 Å². The number of aliphatic hydroxyl groups excluding tert-OH is 1. The van der Waals surface area contributed by atoms with Crippen molar-refractivity contribution in [1.29, 1.82) is 0 Å². The maximum Gasteiger partial charge on any atom is 0.326 e. The molecule has 0 unspecified atom stereocenters. The van der Waals surface area contributed by atoms with Crippen molar-refractivity contribution < 1.29 is 87.9 Å². The second kappa shape index (κ2) is 31.6. The Bertz CT molecular complexity index is 2410. The van der Waals surface area contributed by atoms with Crippen molar-refractivity contribution in [3.63, 3.8) is 0 Å². The summed E-state index contributed by atoms with van der Waals surface area (Å²) in [5, 5.41) is 71.8. The lowest BCUT2D eigenvalue weighted by Gasteiger charge is -2.32. The van der Waals surface area contributed by atoms with Gasteiger partial charge in [0.25, 0.3) is 0 Å². The first-order valence-corrected chi connectivity index (χ1v) is 26.4. The number of rotatable bonds is 32. The molecule has 1 aromatic carbocycles. The summed E-state index contributed by atoms with van der Waals surface area (Å²) >= 11 is 0. The van der Waals surface area contributed by atoms with E-state index in [0.717, 1.165) is 11.8 Å². The third kappa shape index (κ3) is 21.4. The third-order valence-electron chi connectivity index (χ3n) is 13.2. The van der Waals surface area contributed by atoms with E-state index in [1.54, 1.807) is 13.8 Å². The monoisotopic (exact) mass is 1130 g/mol. The fourth-order valence-corrected chi connectivity index (χ4v) is 8.82. The van der Waals surface area contributed by atoms with Crippen LogP contribution in [0.5, 0.6) is 5.75 Å². The molecule has 29 heteroatoms. The predicted octanol–water partition coefficient (Wildman–Crippen LogP) is -3.65. The lowest BCUT2D eigenvalue weighted by molar-refractivity contribution is -0.145. The molecule has 80 heavy (non-hydrogen) atoms. The van der Waals surface area contributed by atoms with Gasteiger partial charge in [0.05, 0.1) is 18.6 Å². The summed E-state index contributed by atoms with van der Waals surface area (Å²) in [7, 11) is 0. The van der Waals surface area contributed by atoms with Crippen LogP contribution >= 0.6 is 0 Å². The normalized spacial score (nSPS) is 18.3. The summed E-state index contributed by atoms with van der Waals surface area (Å²) in [5.74, 6) is -14.8. The van der Waals surface area contributed by atoms with Crippen LogP contribution in [0.4, 0.5) is 0 Å². The molecule has 29 nitrogen and oxygen atoms in total. The third-order valence-corrected chi connectivity index (χ3v) is 13.2. The molecule has 11 atom stereocenters. The zero-order valence-corrected chi connectivity index (χ0v) is 45.6. The summed E-state index contributed by atoms with van der Waals surface area (Å²) in [4.78, 5) is 172. The van der Waals surface area contributed by atoms with Gasteiger partial charge in [-0.15, -0.1) is 0 Å². The zero-order chi connectivity index (χ0) is 60.1. The summed E-state index contributed by atoms with van der Waals surface area (Å²) in [6.45, 7) is 9.26. The molecule has 3 rings (SSSR count). The number of aliphatic carboxylic acids is 3. The van der Waals surface area contributed by atoms with E-state index in [0.29, 0.717) is 24.9 Å². The van der Waals surface area contributed by atoms with Gasteiger partial charge in [0.2, 0.25) is 59.1 Å². The van der Waals surface area contributed by atoms with Crippen molar-refractivity contribution in [1.82, 2.24) is 52.8 Å². The molecule has 10 amide bonds. The first-order chi connectivity index (χ1) is 37.5. The molecule has 0 spiro atoms. The minimum Gasteiger partial charge on any atom is -0.508 e. The minimum absolute atomic E-state index is 0.0346. The Hall–Kier alpha value is -7.95. The number of hydrogen-bond acceptors (Lipinski definition) is 16. The maximum absolute atomic E-state index is 14.3. The summed E-state index contributed by atoms with van der Waals surface area (Å²) in [6, 6.07) is -8.81. The van der Waals surface area contributed by atoms with Crippen LogP contribution < -0.4 is 53.6 Å². The number of amides is 10. The molecule has 16 N–H and O–H groups in total. The number of likely N-dealkylation sites (tertiary alicyclic amines) is 1. The number of carbonyl (C=O) groups excluding carboxylic acids is 10. The minimum atomic E-state index is -1.83. The van der Waals surface area contributed by atoms with E-state index in [4.69, 9.17) is 5.73 Å². The van der Waals surface area contributed by atoms with Gasteiger partial charge in [-0.1, -0.05) is 39.8 Å². The van der Waals surface area contributed by atoms with Gasteiger partial charge < -0.3 is 84.0 Å². The molecule has 0 radical (unpaired) electrons. The molecular weight excluding hydrogens is 1050 g/mol. The predicted molar refractivity (Wildman–Crippen MR) is 280 cm³/mol. The largest absolute Gasteiger partial charge is 0.508 e. The van der Waals surface area contributed by atoms with Gasteiger partial charge in [-0.2, -0.15) is 0 Å². The van der Waals surface area contributed by atoms with E-state index in [1.165, 1.54) is 45.0 Å². The number of carboxylic acid groups (broad SMARTS) is 3. The van der Waals surface area contributed by atoms with E-state index in [9.17, 15) is 87.9 Å². The average molecular weight is 1130 g/mol. The molecular formula is C51H77N11O18. The van der Waals surface area contributed by atoms with Gasteiger partial charge in [0.1, 0.15) is 60.1 Å². The van der Waals surface area contributed by atoms with E-state index >= 15 is 0 Å². The highest BCUT2D eigenvalue weighted by molar-refractivity contribution is 5.99. The van der Waals surface area contributed by atoms with Crippen molar-refractivity contribution in [3.05, 3.63) is 29.8 Å². The van der Waals surface area contributed by atoms with E-state index in [1.807, 2.05) is 0 Å². The highest BCUT2D eigenvalue weighted by atomic mass is 16.4. The number of primary amides is 1. The Balaban J connectivity index is 1.80. The van der Waals surface area contributed by atoms with Gasteiger partial charge in [-0.05, 0) is 94.9 Å². The number of hydrogen-bond donors (Lipinski definition) is 15. The van der Waals surface area contributed by atoms with Gasteiger partial charge >= 0.3 is 17.9 Å². The number of aromatic hydroxyl groups is 1. The second-order valence-electron chi connectivity index (χ2n) is 20.7. The molecule has 2 saturated heterocycles. The zero-order valence-electron chi connectivity index (χ0n) is 45.6. The summed E-state index contributed by atoms with van der Waals surface area (Å²) in [6.07, 6.45) is -3.58. The van der Waals surface area contributed by atoms with Gasteiger partial charge in [-0.25, -0.2) is 4.79 Å². The molecule has 0 saturated carbocycles. The number of carbonyl (C=O) groups is 13. The number of phenolic OH excluding ortho intramolecular Hbond substituents is 1. The molecule has 2 aliphatic heterocycles. The molecule has 1 aromatic rings. The fraction of sp³-hybridized carbons (Fsp3) is 0.627. The molecule has 2 aliphatic rings.